The molecule has 1 fully saturated rings. The largest absolute Gasteiger partial charge is 0.481 e. The van der Waals surface area contributed by atoms with Gasteiger partial charge in [0, 0.05) is 23.0 Å². The van der Waals surface area contributed by atoms with E-state index in [9.17, 15) is 19.1 Å². The molecule has 20 heavy (non-hydrogen) atoms. The molecule has 1 aromatic rings. The molecule has 1 aromatic carbocycles. The third-order valence-corrected chi connectivity index (χ3v) is 4.13. The van der Waals surface area contributed by atoms with Crippen molar-refractivity contribution in [3.05, 3.63) is 34.1 Å². The molecule has 1 amide bonds. The van der Waals surface area contributed by atoms with Gasteiger partial charge in [0.15, 0.2) is 0 Å². The van der Waals surface area contributed by atoms with Gasteiger partial charge in [0.05, 0.1) is 12.0 Å². The van der Waals surface area contributed by atoms with Crippen molar-refractivity contribution < 1.29 is 19.1 Å². The smallest absolute Gasteiger partial charge is 0.308 e. The van der Waals surface area contributed by atoms with E-state index in [1.54, 1.807) is 19.1 Å². The Morgan fingerprint density at radius 1 is 1.55 bits per heavy atom. The summed E-state index contributed by atoms with van der Waals surface area (Å²) in [5.41, 5.74) is 0.252. The van der Waals surface area contributed by atoms with E-state index in [2.05, 4.69) is 15.9 Å². The van der Waals surface area contributed by atoms with Gasteiger partial charge in [0.2, 0.25) is 5.91 Å². The van der Waals surface area contributed by atoms with Gasteiger partial charge >= 0.3 is 5.97 Å². The SMILES string of the molecule is CCN1C(=O)CCC(C(=O)O)C1c1cc(Br)ccc1F. The summed E-state index contributed by atoms with van der Waals surface area (Å²) in [7, 11) is 0. The third kappa shape index (κ3) is 2.70. The monoisotopic (exact) mass is 343 g/mol. The zero-order valence-electron chi connectivity index (χ0n) is 11.0. The number of nitrogens with zero attached hydrogens (tertiary/aromatic N) is 1. The minimum Gasteiger partial charge on any atom is -0.481 e. The summed E-state index contributed by atoms with van der Waals surface area (Å²) >= 11 is 3.26. The standard InChI is InChI=1S/C14H15BrFNO3/c1-2-17-12(18)6-4-9(14(19)20)13(17)10-7-8(15)3-5-11(10)16/h3,5,7,9,13H,2,4,6H2,1H3,(H,19,20). The molecule has 2 atom stereocenters. The highest BCUT2D eigenvalue weighted by atomic mass is 79.9. The lowest BCUT2D eigenvalue weighted by Crippen LogP contribution is -2.45. The van der Waals surface area contributed by atoms with Gasteiger partial charge in [0.25, 0.3) is 0 Å². The van der Waals surface area contributed by atoms with Crippen LogP contribution in [0.3, 0.4) is 0 Å². The number of carbonyl (C=O) groups excluding carboxylic acids is 1. The number of piperidine rings is 1. The van der Waals surface area contributed by atoms with Crippen LogP contribution in [-0.2, 0) is 9.59 Å². The van der Waals surface area contributed by atoms with Gasteiger partial charge in [-0.2, -0.15) is 0 Å². The Kier molecular flexibility index (Phi) is 4.42. The van der Waals surface area contributed by atoms with Gasteiger partial charge in [-0.15, -0.1) is 0 Å². The van der Waals surface area contributed by atoms with E-state index in [0.717, 1.165) is 0 Å². The van der Waals surface area contributed by atoms with Crippen molar-refractivity contribution in [3.8, 4) is 0 Å². The van der Waals surface area contributed by atoms with Crippen molar-refractivity contribution in [1.82, 2.24) is 4.90 Å². The number of hydrogen-bond acceptors (Lipinski definition) is 2. The maximum Gasteiger partial charge on any atom is 0.308 e. The minimum atomic E-state index is -1.000. The fraction of sp³-hybridized carbons (Fsp3) is 0.429. The topological polar surface area (TPSA) is 57.6 Å². The van der Waals surface area contributed by atoms with E-state index in [4.69, 9.17) is 0 Å². The molecule has 0 aromatic heterocycles. The van der Waals surface area contributed by atoms with Crippen molar-refractivity contribution >= 4 is 27.8 Å². The van der Waals surface area contributed by atoms with Crippen LogP contribution in [-0.4, -0.2) is 28.4 Å². The van der Waals surface area contributed by atoms with E-state index in [1.807, 2.05) is 0 Å². The summed E-state index contributed by atoms with van der Waals surface area (Å²) < 4.78 is 14.7. The van der Waals surface area contributed by atoms with Crippen LogP contribution in [0.2, 0.25) is 0 Å². The number of hydrogen-bond donors (Lipinski definition) is 1. The molecular formula is C14H15BrFNO3. The molecule has 4 nitrogen and oxygen atoms in total. The number of carbonyl (C=O) groups is 2. The number of carboxylic acid groups (broad SMARTS) is 1. The van der Waals surface area contributed by atoms with Gasteiger partial charge < -0.3 is 10.0 Å². The number of aliphatic carboxylic acids is 1. The second-order valence-electron chi connectivity index (χ2n) is 4.77. The molecule has 1 aliphatic rings. The van der Waals surface area contributed by atoms with Crippen molar-refractivity contribution in [3.63, 3.8) is 0 Å². The predicted octanol–water partition coefficient (Wildman–Crippen LogP) is 2.97. The minimum absolute atomic E-state index is 0.130. The lowest BCUT2D eigenvalue weighted by atomic mass is 9.84. The maximum absolute atomic E-state index is 14.1. The lowest BCUT2D eigenvalue weighted by Gasteiger charge is -2.39. The van der Waals surface area contributed by atoms with Gasteiger partial charge in [0.1, 0.15) is 5.82 Å². The summed E-state index contributed by atoms with van der Waals surface area (Å²) in [6.07, 6.45) is 0.429. The molecule has 0 radical (unpaired) electrons. The molecule has 1 aliphatic heterocycles. The van der Waals surface area contributed by atoms with Crippen LogP contribution in [0.25, 0.3) is 0 Å². The van der Waals surface area contributed by atoms with Crippen LogP contribution in [0.1, 0.15) is 31.4 Å². The summed E-state index contributed by atoms with van der Waals surface area (Å²) in [6.45, 7) is 2.13. The number of amides is 1. The van der Waals surface area contributed by atoms with Crippen LogP contribution in [0.5, 0.6) is 0 Å². The van der Waals surface area contributed by atoms with Crippen molar-refractivity contribution in [2.75, 3.05) is 6.54 Å². The summed E-state index contributed by atoms with van der Waals surface area (Å²) in [4.78, 5) is 24.9. The van der Waals surface area contributed by atoms with Gasteiger partial charge in [-0.1, -0.05) is 15.9 Å². The molecular weight excluding hydrogens is 329 g/mol. The Labute approximate surface area is 124 Å². The zero-order valence-corrected chi connectivity index (χ0v) is 12.6. The Bertz CT molecular complexity index is 547. The number of halogens is 2. The number of benzene rings is 1. The third-order valence-electron chi connectivity index (χ3n) is 3.64. The van der Waals surface area contributed by atoms with Gasteiger partial charge in [-0.05, 0) is 31.5 Å². The first-order chi connectivity index (χ1) is 9.45. The van der Waals surface area contributed by atoms with Crippen molar-refractivity contribution in [2.24, 2.45) is 5.92 Å². The van der Waals surface area contributed by atoms with E-state index in [-0.39, 0.29) is 24.3 Å². The first-order valence-corrected chi connectivity index (χ1v) is 7.22. The second kappa shape index (κ2) is 5.91. The first-order valence-electron chi connectivity index (χ1n) is 6.43. The molecule has 1 N–H and O–H groups in total. The fourth-order valence-electron chi connectivity index (χ4n) is 2.71. The lowest BCUT2D eigenvalue weighted by molar-refractivity contribution is -0.151. The van der Waals surface area contributed by atoms with Gasteiger partial charge in [-0.25, -0.2) is 4.39 Å². The molecule has 0 aliphatic carbocycles. The quantitative estimate of drug-likeness (QED) is 0.917. The Morgan fingerprint density at radius 3 is 2.85 bits per heavy atom. The van der Waals surface area contributed by atoms with E-state index < -0.39 is 23.7 Å². The van der Waals surface area contributed by atoms with E-state index in [1.165, 1.54) is 11.0 Å². The molecule has 6 heteroatoms. The molecule has 0 saturated carbocycles. The van der Waals surface area contributed by atoms with Crippen molar-refractivity contribution in [1.29, 1.82) is 0 Å². The Morgan fingerprint density at radius 2 is 2.25 bits per heavy atom. The zero-order chi connectivity index (χ0) is 14.9. The van der Waals surface area contributed by atoms with Crippen LogP contribution in [0.4, 0.5) is 4.39 Å². The Hall–Kier alpha value is -1.43. The van der Waals surface area contributed by atoms with Crippen LogP contribution in [0, 0.1) is 11.7 Å². The maximum atomic E-state index is 14.1. The number of carboxylic acids is 1. The van der Waals surface area contributed by atoms with Gasteiger partial charge in [-0.3, -0.25) is 9.59 Å². The van der Waals surface area contributed by atoms with E-state index >= 15 is 0 Å². The summed E-state index contributed by atoms with van der Waals surface area (Å²) in [5, 5.41) is 9.36. The fourth-order valence-corrected chi connectivity index (χ4v) is 3.09. The van der Waals surface area contributed by atoms with E-state index in [0.29, 0.717) is 11.0 Å². The number of likely N-dealkylation sites (tertiary alicyclic amines) is 1. The highest BCUT2D eigenvalue weighted by Gasteiger charge is 2.41. The molecule has 108 valence electrons. The summed E-state index contributed by atoms with van der Waals surface area (Å²) in [5.74, 6) is -2.40. The average molecular weight is 344 g/mol. The van der Waals surface area contributed by atoms with Crippen molar-refractivity contribution in [2.45, 2.75) is 25.8 Å². The average Bonchev–Trinajstić information content (AvgIpc) is 2.40. The second-order valence-corrected chi connectivity index (χ2v) is 5.69. The highest BCUT2D eigenvalue weighted by molar-refractivity contribution is 9.10. The molecule has 1 saturated heterocycles. The normalized spacial score (nSPS) is 22.9. The first kappa shape index (κ1) is 15.0. The molecule has 2 unspecified atom stereocenters. The van der Waals surface area contributed by atoms with Crippen LogP contribution >= 0.6 is 15.9 Å². The molecule has 0 bridgehead atoms. The predicted molar refractivity (Wildman–Crippen MR) is 74.6 cm³/mol. The number of rotatable bonds is 3. The molecule has 0 spiro atoms. The summed E-state index contributed by atoms with van der Waals surface area (Å²) in [6, 6.07) is 3.63. The molecule has 2 rings (SSSR count). The van der Waals surface area contributed by atoms with Crippen LogP contribution < -0.4 is 0 Å². The molecule has 1 heterocycles. The highest BCUT2D eigenvalue weighted by Crippen LogP contribution is 2.38. The van der Waals surface area contributed by atoms with Crippen LogP contribution in [0.15, 0.2) is 22.7 Å². The Balaban J connectivity index is 2.52.